The van der Waals surface area contributed by atoms with Gasteiger partial charge < -0.3 is 9.64 Å². The highest BCUT2D eigenvalue weighted by Crippen LogP contribution is 2.40. The van der Waals surface area contributed by atoms with Crippen molar-refractivity contribution in [3.63, 3.8) is 0 Å². The molecular weight excluding hydrogens is 274 g/mol. The Morgan fingerprint density at radius 3 is 2.60 bits per heavy atom. The third-order valence-corrected chi connectivity index (χ3v) is 4.09. The molecule has 0 N–H and O–H groups in total. The van der Waals surface area contributed by atoms with Crippen molar-refractivity contribution >= 4 is 18.4 Å². The zero-order valence-corrected chi connectivity index (χ0v) is 13.3. The summed E-state index contributed by atoms with van der Waals surface area (Å²) in [5.41, 5.74) is 0.665. The summed E-state index contributed by atoms with van der Waals surface area (Å²) in [6, 6.07) is 10.2. The molecule has 0 spiro atoms. The topological polar surface area (TPSA) is 29.5 Å². The maximum atomic E-state index is 11.8. The van der Waals surface area contributed by atoms with Crippen LogP contribution in [0.5, 0.6) is 0 Å². The summed E-state index contributed by atoms with van der Waals surface area (Å²) < 4.78 is 5.91. The van der Waals surface area contributed by atoms with Gasteiger partial charge in [-0.15, -0.1) is 12.4 Å². The average Bonchev–Trinajstić information content (AvgIpc) is 2.43. The smallest absolute Gasteiger partial charge is 0.306 e. The van der Waals surface area contributed by atoms with Crippen molar-refractivity contribution in [2.75, 3.05) is 20.1 Å². The van der Waals surface area contributed by atoms with Crippen molar-refractivity contribution in [3.8, 4) is 0 Å². The second-order valence-electron chi connectivity index (χ2n) is 5.50. The lowest BCUT2D eigenvalue weighted by molar-refractivity contribution is -0.174. The summed E-state index contributed by atoms with van der Waals surface area (Å²) in [6.07, 6.45) is 1.29. The van der Waals surface area contributed by atoms with Crippen molar-refractivity contribution in [2.24, 2.45) is 5.92 Å². The number of halogens is 1. The Balaban J connectivity index is 0.00000200. The summed E-state index contributed by atoms with van der Waals surface area (Å²) in [6.45, 7) is 5.92. The molecule has 0 bridgehead atoms. The van der Waals surface area contributed by atoms with E-state index in [9.17, 15) is 4.79 Å². The highest BCUT2D eigenvalue weighted by molar-refractivity contribution is 5.85. The molecule has 0 aromatic heterocycles. The zero-order chi connectivity index (χ0) is 13.9. The predicted molar refractivity (Wildman–Crippen MR) is 83.0 cm³/mol. The number of benzene rings is 1. The van der Waals surface area contributed by atoms with Gasteiger partial charge >= 0.3 is 5.97 Å². The van der Waals surface area contributed by atoms with Crippen LogP contribution in [0.15, 0.2) is 30.3 Å². The Labute approximate surface area is 127 Å². The number of rotatable bonds is 3. The molecule has 4 heteroatoms. The van der Waals surface area contributed by atoms with Gasteiger partial charge in [-0.3, -0.25) is 4.79 Å². The van der Waals surface area contributed by atoms with Crippen molar-refractivity contribution in [1.29, 1.82) is 0 Å². The molecule has 1 aromatic rings. The minimum Gasteiger partial charge on any atom is -0.454 e. The largest absolute Gasteiger partial charge is 0.454 e. The number of carbonyl (C=O) groups excluding carboxylic acids is 1. The minimum absolute atomic E-state index is 0. The summed E-state index contributed by atoms with van der Waals surface area (Å²) in [7, 11) is 2.12. The van der Waals surface area contributed by atoms with Crippen LogP contribution in [0.2, 0.25) is 0 Å². The molecule has 1 aromatic carbocycles. The van der Waals surface area contributed by atoms with E-state index in [1.54, 1.807) is 0 Å². The molecule has 1 saturated heterocycles. The van der Waals surface area contributed by atoms with Gasteiger partial charge in [0.05, 0.1) is 0 Å². The van der Waals surface area contributed by atoms with Crippen molar-refractivity contribution in [1.82, 2.24) is 4.90 Å². The number of ether oxygens (including phenoxy) is 1. The molecule has 112 valence electrons. The molecule has 0 unspecified atom stereocenters. The first kappa shape index (κ1) is 17.0. The standard InChI is InChI=1S/C16H23NO2.ClH/c1-4-15(18)19-16(14-8-6-5-7-9-14)10-11-17(3)12-13(16)2;/h5-9,13H,4,10-12H2,1-3H3;1H/t13-,16-;/m1./s1. The van der Waals surface area contributed by atoms with Crippen LogP contribution in [0.4, 0.5) is 0 Å². The van der Waals surface area contributed by atoms with E-state index in [1.807, 2.05) is 25.1 Å². The Bertz CT molecular complexity index is 437. The van der Waals surface area contributed by atoms with Gasteiger partial charge in [0.2, 0.25) is 0 Å². The van der Waals surface area contributed by atoms with Crippen LogP contribution in [0, 0.1) is 5.92 Å². The quantitative estimate of drug-likeness (QED) is 0.802. The van der Waals surface area contributed by atoms with Gasteiger partial charge in [0, 0.05) is 31.8 Å². The average molecular weight is 298 g/mol. The number of nitrogens with zero attached hydrogens (tertiary/aromatic N) is 1. The van der Waals surface area contributed by atoms with Gasteiger partial charge in [-0.05, 0) is 12.6 Å². The van der Waals surface area contributed by atoms with Crippen LogP contribution >= 0.6 is 12.4 Å². The molecule has 20 heavy (non-hydrogen) atoms. The third kappa shape index (κ3) is 3.33. The van der Waals surface area contributed by atoms with E-state index in [1.165, 1.54) is 0 Å². The molecule has 0 amide bonds. The summed E-state index contributed by atoms with van der Waals surface area (Å²) in [5.74, 6) is 0.185. The van der Waals surface area contributed by atoms with Gasteiger partial charge in [0.25, 0.3) is 0 Å². The van der Waals surface area contributed by atoms with E-state index in [0.29, 0.717) is 12.3 Å². The summed E-state index contributed by atoms with van der Waals surface area (Å²) in [5, 5.41) is 0. The lowest BCUT2D eigenvalue weighted by Crippen LogP contribution is -2.50. The van der Waals surface area contributed by atoms with E-state index in [0.717, 1.165) is 25.1 Å². The SMILES string of the molecule is CCC(=O)O[C@]1(c2ccccc2)CCN(C)C[C@H]1C.Cl. The number of esters is 1. The number of carbonyl (C=O) groups is 1. The molecule has 0 radical (unpaired) electrons. The Kier molecular flexibility index (Phi) is 6.03. The molecule has 1 aliphatic rings. The zero-order valence-electron chi connectivity index (χ0n) is 12.5. The highest BCUT2D eigenvalue weighted by atomic mass is 35.5. The number of hydrogen-bond acceptors (Lipinski definition) is 3. The van der Waals surface area contributed by atoms with E-state index in [-0.39, 0.29) is 18.4 Å². The Morgan fingerprint density at radius 2 is 2.05 bits per heavy atom. The fourth-order valence-electron chi connectivity index (χ4n) is 2.94. The first-order valence-electron chi connectivity index (χ1n) is 7.04. The lowest BCUT2D eigenvalue weighted by atomic mass is 9.76. The molecule has 0 saturated carbocycles. The minimum atomic E-state index is -0.457. The third-order valence-electron chi connectivity index (χ3n) is 4.09. The van der Waals surface area contributed by atoms with Gasteiger partial charge in [-0.2, -0.15) is 0 Å². The molecular formula is C16H24ClNO2. The van der Waals surface area contributed by atoms with E-state index in [4.69, 9.17) is 4.74 Å². The van der Waals surface area contributed by atoms with Crippen LogP contribution in [0.3, 0.4) is 0 Å². The van der Waals surface area contributed by atoms with Crippen molar-refractivity contribution in [2.45, 2.75) is 32.3 Å². The first-order valence-corrected chi connectivity index (χ1v) is 7.04. The molecule has 1 fully saturated rings. The number of likely N-dealkylation sites (tertiary alicyclic amines) is 1. The maximum absolute atomic E-state index is 11.8. The Hall–Kier alpha value is -1.06. The van der Waals surface area contributed by atoms with Crippen LogP contribution in [0.25, 0.3) is 0 Å². The molecule has 1 heterocycles. The molecule has 2 atom stereocenters. The van der Waals surface area contributed by atoms with Crippen LogP contribution in [-0.2, 0) is 15.1 Å². The van der Waals surface area contributed by atoms with Crippen LogP contribution < -0.4 is 0 Å². The fraction of sp³-hybridized carbons (Fsp3) is 0.562. The highest BCUT2D eigenvalue weighted by Gasteiger charge is 2.44. The first-order chi connectivity index (χ1) is 9.08. The normalized spacial score (nSPS) is 26.6. The van der Waals surface area contributed by atoms with Gasteiger partial charge in [0.1, 0.15) is 5.60 Å². The van der Waals surface area contributed by atoms with Crippen LogP contribution in [-0.4, -0.2) is 31.0 Å². The molecule has 0 aliphatic carbocycles. The fourth-order valence-corrected chi connectivity index (χ4v) is 2.94. The van der Waals surface area contributed by atoms with Gasteiger partial charge in [-0.25, -0.2) is 0 Å². The number of hydrogen-bond donors (Lipinski definition) is 0. The summed E-state index contributed by atoms with van der Waals surface area (Å²) in [4.78, 5) is 14.1. The Morgan fingerprint density at radius 1 is 1.40 bits per heavy atom. The molecule has 3 nitrogen and oxygen atoms in total. The monoisotopic (exact) mass is 297 g/mol. The molecule has 1 aliphatic heterocycles. The van der Waals surface area contributed by atoms with E-state index >= 15 is 0 Å². The predicted octanol–water partition coefficient (Wildman–Crippen LogP) is 3.23. The second kappa shape index (κ2) is 7.09. The maximum Gasteiger partial charge on any atom is 0.306 e. The second-order valence-corrected chi connectivity index (χ2v) is 5.50. The lowest BCUT2D eigenvalue weighted by Gasteiger charge is -2.45. The van der Waals surface area contributed by atoms with Gasteiger partial charge in [-0.1, -0.05) is 44.2 Å². The van der Waals surface area contributed by atoms with Gasteiger partial charge in [0.15, 0.2) is 0 Å². The van der Waals surface area contributed by atoms with Crippen molar-refractivity contribution in [3.05, 3.63) is 35.9 Å². The molecule has 2 rings (SSSR count). The van der Waals surface area contributed by atoms with Crippen molar-refractivity contribution < 1.29 is 9.53 Å². The number of piperidine rings is 1. The van der Waals surface area contributed by atoms with Crippen LogP contribution in [0.1, 0.15) is 32.3 Å². The van der Waals surface area contributed by atoms with E-state index < -0.39 is 5.60 Å². The summed E-state index contributed by atoms with van der Waals surface area (Å²) >= 11 is 0. The van der Waals surface area contributed by atoms with E-state index in [2.05, 4.69) is 31.0 Å².